The fraction of sp³-hybridized carbons (Fsp3) is 0.0588. The number of anilines is 2. The Morgan fingerprint density at radius 1 is 0.913 bits per heavy atom. The van der Waals surface area contributed by atoms with Crippen LogP contribution < -0.4 is 16.0 Å². The molecule has 0 aliphatic rings. The van der Waals surface area contributed by atoms with Crippen LogP contribution in [0.1, 0.15) is 22.8 Å². The highest BCUT2D eigenvalue weighted by atomic mass is 35.5. The summed E-state index contributed by atoms with van der Waals surface area (Å²) in [5.41, 5.74) is 2.65. The lowest BCUT2D eigenvalue weighted by Crippen LogP contribution is -2.30. The molecule has 0 radical (unpaired) electrons. The zero-order valence-electron chi connectivity index (χ0n) is 24.1. The summed E-state index contributed by atoms with van der Waals surface area (Å²) in [6.45, 7) is 1.76. The molecule has 1 unspecified atom stereocenters. The maximum atomic E-state index is 13.5. The summed E-state index contributed by atoms with van der Waals surface area (Å²) in [5.74, 6) is -1.64. The van der Waals surface area contributed by atoms with Crippen molar-refractivity contribution in [3.05, 3.63) is 135 Å². The van der Waals surface area contributed by atoms with Crippen LogP contribution in [0.4, 0.5) is 15.2 Å². The van der Waals surface area contributed by atoms with Gasteiger partial charge in [-0.3, -0.25) is 14.4 Å². The van der Waals surface area contributed by atoms with Crippen LogP contribution in [0.5, 0.6) is 0 Å². The number of thioether (sulfide) groups is 1. The molecule has 1 heterocycles. The SMILES string of the molecule is CC(Sc1cccc(NC(=O)/C(=C\c2ccc(Cl)cc2Cl)NC(=O)c2ccccc2)c1)C(=O)Nc1nc(-c2ccc(F)cc2)cs1. The number of hydrogen-bond donors (Lipinski definition) is 3. The van der Waals surface area contributed by atoms with Gasteiger partial charge in [0.2, 0.25) is 5.91 Å². The van der Waals surface area contributed by atoms with Gasteiger partial charge in [-0.25, -0.2) is 9.37 Å². The molecule has 0 saturated carbocycles. The Balaban J connectivity index is 1.26. The van der Waals surface area contributed by atoms with E-state index in [0.717, 1.165) is 10.5 Å². The molecule has 3 N–H and O–H groups in total. The molecule has 5 rings (SSSR count). The Hall–Kier alpha value is -4.48. The van der Waals surface area contributed by atoms with Gasteiger partial charge in [-0.1, -0.05) is 53.5 Å². The number of nitrogens with zero attached hydrogens (tertiary/aromatic N) is 1. The van der Waals surface area contributed by atoms with Crippen LogP contribution in [0.3, 0.4) is 0 Å². The molecule has 232 valence electrons. The van der Waals surface area contributed by atoms with Gasteiger partial charge in [-0.05, 0) is 85.3 Å². The van der Waals surface area contributed by atoms with Gasteiger partial charge in [0.1, 0.15) is 11.5 Å². The minimum atomic E-state index is -0.580. The third-order valence-electron chi connectivity index (χ3n) is 6.44. The molecule has 1 atom stereocenters. The van der Waals surface area contributed by atoms with Crippen molar-refractivity contribution >= 4 is 80.9 Å². The molecule has 12 heteroatoms. The predicted octanol–water partition coefficient (Wildman–Crippen LogP) is 8.78. The summed E-state index contributed by atoms with van der Waals surface area (Å²) in [7, 11) is 0. The molecule has 0 aliphatic carbocycles. The molecule has 0 bridgehead atoms. The van der Waals surface area contributed by atoms with Crippen molar-refractivity contribution in [2.75, 3.05) is 10.6 Å². The molecular weight excluding hydrogens is 666 g/mol. The Bertz CT molecular complexity index is 1920. The quantitative estimate of drug-likeness (QED) is 0.100. The lowest BCUT2D eigenvalue weighted by molar-refractivity contribution is -0.115. The largest absolute Gasteiger partial charge is 0.321 e. The first-order valence-electron chi connectivity index (χ1n) is 13.8. The smallest absolute Gasteiger partial charge is 0.272 e. The maximum Gasteiger partial charge on any atom is 0.272 e. The normalized spacial score (nSPS) is 11.9. The van der Waals surface area contributed by atoms with Gasteiger partial charge in [-0.2, -0.15) is 0 Å². The molecule has 7 nitrogen and oxygen atoms in total. The second-order valence-corrected chi connectivity index (χ2v) is 12.9. The molecule has 3 amide bonds. The third kappa shape index (κ3) is 8.82. The lowest BCUT2D eigenvalue weighted by Gasteiger charge is -2.14. The fourth-order valence-electron chi connectivity index (χ4n) is 4.11. The summed E-state index contributed by atoms with van der Waals surface area (Å²) in [6.07, 6.45) is 1.47. The van der Waals surface area contributed by atoms with E-state index in [0.29, 0.717) is 37.7 Å². The minimum absolute atomic E-state index is 0.0349. The number of rotatable bonds is 10. The molecule has 0 aliphatic heterocycles. The highest BCUT2D eigenvalue weighted by Crippen LogP contribution is 2.29. The second kappa shape index (κ2) is 15.2. The topological polar surface area (TPSA) is 100 Å². The van der Waals surface area contributed by atoms with E-state index >= 15 is 0 Å². The van der Waals surface area contributed by atoms with Crippen LogP contribution >= 0.6 is 46.3 Å². The average Bonchev–Trinajstić information content (AvgIpc) is 3.51. The summed E-state index contributed by atoms with van der Waals surface area (Å²) in [6, 6.07) is 26.3. The Kier molecular flexibility index (Phi) is 10.9. The van der Waals surface area contributed by atoms with E-state index in [4.69, 9.17) is 23.2 Å². The molecule has 0 spiro atoms. The number of benzene rings is 4. The van der Waals surface area contributed by atoms with Crippen LogP contribution in [0.15, 0.2) is 113 Å². The van der Waals surface area contributed by atoms with Gasteiger partial charge < -0.3 is 16.0 Å². The van der Waals surface area contributed by atoms with E-state index in [9.17, 15) is 18.8 Å². The van der Waals surface area contributed by atoms with Gasteiger partial charge in [0, 0.05) is 37.1 Å². The zero-order chi connectivity index (χ0) is 32.6. The number of halogens is 3. The van der Waals surface area contributed by atoms with E-state index in [1.54, 1.807) is 91.2 Å². The molecule has 4 aromatic carbocycles. The molecule has 5 aromatic rings. The van der Waals surface area contributed by atoms with Gasteiger partial charge in [0.25, 0.3) is 11.8 Å². The van der Waals surface area contributed by atoms with Crippen molar-refractivity contribution in [1.29, 1.82) is 0 Å². The van der Waals surface area contributed by atoms with Crippen LogP contribution in [0, 0.1) is 5.82 Å². The highest BCUT2D eigenvalue weighted by Gasteiger charge is 2.19. The molecule has 0 saturated heterocycles. The van der Waals surface area contributed by atoms with Crippen LogP contribution in [0.25, 0.3) is 17.3 Å². The van der Waals surface area contributed by atoms with E-state index < -0.39 is 17.1 Å². The third-order valence-corrected chi connectivity index (χ3v) is 8.85. The van der Waals surface area contributed by atoms with Gasteiger partial charge in [-0.15, -0.1) is 23.1 Å². The Morgan fingerprint density at radius 2 is 1.67 bits per heavy atom. The van der Waals surface area contributed by atoms with Crippen molar-refractivity contribution in [1.82, 2.24) is 10.3 Å². The fourth-order valence-corrected chi connectivity index (χ4v) is 6.22. The van der Waals surface area contributed by atoms with Crippen LogP contribution in [-0.4, -0.2) is 28.0 Å². The summed E-state index contributed by atoms with van der Waals surface area (Å²) in [5, 5.41) is 10.8. The van der Waals surface area contributed by atoms with Crippen molar-refractivity contribution in [2.24, 2.45) is 0 Å². The Morgan fingerprint density at radius 3 is 2.41 bits per heavy atom. The maximum absolute atomic E-state index is 13.5. The molecular formula is C34H25Cl2FN4O3S2. The number of carbonyl (C=O) groups is 3. The van der Waals surface area contributed by atoms with E-state index in [1.165, 1.54) is 41.3 Å². The summed E-state index contributed by atoms with van der Waals surface area (Å²) < 4.78 is 13.3. The first kappa shape index (κ1) is 32.9. The second-order valence-electron chi connectivity index (χ2n) is 9.82. The molecule has 0 fully saturated rings. The van der Waals surface area contributed by atoms with Crippen molar-refractivity contribution < 1.29 is 18.8 Å². The van der Waals surface area contributed by atoms with E-state index in [2.05, 4.69) is 20.9 Å². The Labute approximate surface area is 282 Å². The molecule has 1 aromatic heterocycles. The van der Waals surface area contributed by atoms with Crippen LogP contribution in [0.2, 0.25) is 10.0 Å². The first-order valence-corrected chi connectivity index (χ1v) is 16.3. The average molecular weight is 692 g/mol. The van der Waals surface area contributed by atoms with Gasteiger partial charge in [0.05, 0.1) is 10.9 Å². The first-order chi connectivity index (χ1) is 22.1. The monoisotopic (exact) mass is 690 g/mol. The molecule has 46 heavy (non-hydrogen) atoms. The minimum Gasteiger partial charge on any atom is -0.321 e. The van der Waals surface area contributed by atoms with Gasteiger partial charge in [0.15, 0.2) is 5.13 Å². The lowest BCUT2D eigenvalue weighted by atomic mass is 10.1. The number of aromatic nitrogens is 1. The summed E-state index contributed by atoms with van der Waals surface area (Å²) in [4.78, 5) is 44.5. The van der Waals surface area contributed by atoms with Crippen molar-refractivity contribution in [3.63, 3.8) is 0 Å². The standard InChI is InChI=1S/C34H25Cl2FN4O3S2/c1-20(31(42)41-34-40-30(19-45-34)21-11-14-25(37)15-12-21)46-27-9-5-8-26(18-27)38-33(44)29(16-23-10-13-24(35)17-28(23)36)39-32(43)22-6-3-2-4-7-22/h2-20H,1H3,(H,38,44)(H,39,43)(H,40,41,42)/b29-16+. The summed E-state index contributed by atoms with van der Waals surface area (Å²) >= 11 is 15.0. The van der Waals surface area contributed by atoms with Crippen LogP contribution in [-0.2, 0) is 9.59 Å². The van der Waals surface area contributed by atoms with Crippen molar-refractivity contribution in [2.45, 2.75) is 17.1 Å². The van der Waals surface area contributed by atoms with E-state index in [1.807, 2.05) is 6.07 Å². The number of carbonyl (C=O) groups excluding carboxylic acids is 3. The zero-order valence-corrected chi connectivity index (χ0v) is 27.2. The highest BCUT2D eigenvalue weighted by molar-refractivity contribution is 8.00. The number of amides is 3. The number of nitrogens with one attached hydrogen (secondary N) is 3. The number of hydrogen-bond acceptors (Lipinski definition) is 6. The number of thiazole rings is 1. The van der Waals surface area contributed by atoms with E-state index in [-0.39, 0.29) is 17.4 Å². The predicted molar refractivity (Wildman–Crippen MR) is 185 cm³/mol. The van der Waals surface area contributed by atoms with Gasteiger partial charge >= 0.3 is 0 Å². The van der Waals surface area contributed by atoms with Crippen molar-refractivity contribution in [3.8, 4) is 11.3 Å².